The minimum absolute atomic E-state index is 0. The first-order valence-electron chi connectivity index (χ1n) is 0. The average Bonchev–Trinajstić information content (AvgIpc) is 0. The molecule has 0 saturated carbocycles. The summed E-state index contributed by atoms with van der Waals surface area (Å²) in [4.78, 5) is 0. The molecule has 0 saturated heterocycles. The van der Waals surface area contributed by atoms with Gasteiger partial charge >= 0.3 is 66.1 Å². The van der Waals surface area contributed by atoms with Crippen LogP contribution in [0.2, 0.25) is 0 Å². The Hall–Kier alpha value is 1.97. The molecule has 0 aliphatic heterocycles. The molecule has 0 aromatic heterocycles. The van der Waals surface area contributed by atoms with Crippen LogP contribution >= 0.6 is 0 Å². The molecule has 0 amide bonds. The second-order valence-corrected chi connectivity index (χ2v) is 0. The molecule has 0 atom stereocenters. The first-order valence-corrected chi connectivity index (χ1v) is 0. The van der Waals surface area contributed by atoms with Crippen LogP contribution in [0, 0.1) is 0 Å². The summed E-state index contributed by atoms with van der Waals surface area (Å²) >= 11 is 0. The van der Waals surface area contributed by atoms with Crippen LogP contribution in [-0.2, 0) is 5.48 Å². The fourth-order valence-corrected chi connectivity index (χ4v) is 0. The molecular weight excluding hydrogens is 111 g/mol. The average molecular weight is 111 g/mol. The predicted octanol–water partition coefficient (Wildman–Crippen LogP) is -1.26. The van der Waals surface area contributed by atoms with Crippen molar-refractivity contribution in [2.24, 2.45) is 0 Å². The van der Waals surface area contributed by atoms with Crippen molar-refractivity contribution in [2.75, 3.05) is 0 Å². The van der Waals surface area contributed by atoms with Crippen molar-refractivity contribution in [3.8, 4) is 0 Å². The zero-order valence-corrected chi connectivity index (χ0v) is 6.56. The van der Waals surface area contributed by atoms with Gasteiger partial charge < -0.3 is 5.48 Å². The zero-order valence-electron chi connectivity index (χ0n) is 2.19. The number of hydrogen-bond acceptors (Lipinski definition) is 0. The van der Waals surface area contributed by atoms with Gasteiger partial charge in [0.1, 0.15) is 0 Å². The standard InChI is InChI=1S/Al.Ca.O.Si/q+3;+2;-2;+4. The van der Waals surface area contributed by atoms with E-state index >= 15 is 0 Å². The van der Waals surface area contributed by atoms with Gasteiger partial charge in [-0.3, -0.25) is 0 Å². The number of rotatable bonds is 0. The van der Waals surface area contributed by atoms with Crippen molar-refractivity contribution in [1.29, 1.82) is 0 Å². The van der Waals surface area contributed by atoms with Crippen LogP contribution in [-0.4, -0.2) is 66.1 Å². The van der Waals surface area contributed by atoms with Crippen molar-refractivity contribution in [3.05, 3.63) is 0 Å². The fourth-order valence-electron chi connectivity index (χ4n) is 0. The van der Waals surface area contributed by atoms with E-state index in [1.54, 1.807) is 0 Å². The molecule has 0 fully saturated rings. The van der Waals surface area contributed by atoms with E-state index < -0.39 is 0 Å². The van der Waals surface area contributed by atoms with Crippen molar-refractivity contribution < 1.29 is 5.48 Å². The largest absolute Gasteiger partial charge is 4.00 e. The van der Waals surface area contributed by atoms with Crippen molar-refractivity contribution in [1.82, 2.24) is 0 Å². The zero-order chi connectivity index (χ0) is 0. The monoisotopic (exact) mass is 111 g/mol. The minimum atomic E-state index is 0. The summed E-state index contributed by atoms with van der Waals surface area (Å²) in [5, 5.41) is 0. The summed E-state index contributed by atoms with van der Waals surface area (Å²) < 4.78 is 0. The molecule has 0 aliphatic rings. The molecule has 4 heavy (non-hydrogen) atoms. The van der Waals surface area contributed by atoms with E-state index in [0.717, 1.165) is 0 Å². The second-order valence-electron chi connectivity index (χ2n) is 0. The summed E-state index contributed by atoms with van der Waals surface area (Å²) in [6.07, 6.45) is 0. The predicted molar refractivity (Wildman–Crippen MR) is 17.9 cm³/mol. The third-order valence-corrected chi connectivity index (χ3v) is 0. The van der Waals surface area contributed by atoms with E-state index in [4.69, 9.17) is 0 Å². The molecule has 0 unspecified atom stereocenters. The molecule has 0 bridgehead atoms. The molecule has 1 nitrogen and oxygen atoms in total. The summed E-state index contributed by atoms with van der Waals surface area (Å²) in [7, 11) is 0. The normalized spacial score (nSPS) is 0. The van der Waals surface area contributed by atoms with Gasteiger partial charge in [0.2, 0.25) is 0 Å². The fraction of sp³-hybridized carbons (Fsp3) is 0. The SMILES string of the molecule is [Al+3].[Ca+2].[O-2].[Si+4]. The van der Waals surface area contributed by atoms with Crippen molar-refractivity contribution in [3.63, 3.8) is 0 Å². The van der Waals surface area contributed by atoms with Gasteiger partial charge in [-0.2, -0.15) is 0 Å². The molecule has 0 aliphatic carbocycles. The van der Waals surface area contributed by atoms with Crippen LogP contribution in [0.5, 0.6) is 0 Å². The maximum atomic E-state index is 0. The van der Waals surface area contributed by atoms with Crippen LogP contribution in [0.15, 0.2) is 0 Å². The van der Waals surface area contributed by atoms with Gasteiger partial charge in [0, 0.05) is 0 Å². The Labute approximate surface area is 70.6 Å². The Morgan fingerprint density at radius 2 is 1.00 bits per heavy atom. The van der Waals surface area contributed by atoms with Crippen LogP contribution in [0.3, 0.4) is 0 Å². The number of hydrogen-bond donors (Lipinski definition) is 0. The van der Waals surface area contributed by atoms with Crippen LogP contribution < -0.4 is 0 Å². The molecule has 0 aromatic carbocycles. The van der Waals surface area contributed by atoms with Crippen molar-refractivity contribution in [2.45, 2.75) is 0 Å². The van der Waals surface area contributed by atoms with Crippen LogP contribution in [0.1, 0.15) is 0 Å². The molecule has 0 heterocycles. The molecule has 0 aromatic rings. The summed E-state index contributed by atoms with van der Waals surface area (Å²) in [6, 6.07) is 0. The van der Waals surface area contributed by atoms with Gasteiger partial charge in [-0.1, -0.05) is 0 Å². The molecule has 0 rings (SSSR count). The summed E-state index contributed by atoms with van der Waals surface area (Å²) in [5.41, 5.74) is 0. The molecule has 0 spiro atoms. The van der Waals surface area contributed by atoms with E-state index in [-0.39, 0.29) is 71.5 Å². The Bertz CT molecular complexity index is 8.00. The molecule has 4 heteroatoms. The van der Waals surface area contributed by atoms with E-state index in [2.05, 4.69) is 0 Å². The Balaban J connectivity index is 0. The summed E-state index contributed by atoms with van der Waals surface area (Å²) in [6.45, 7) is 0. The van der Waals surface area contributed by atoms with E-state index in [1.165, 1.54) is 0 Å². The van der Waals surface area contributed by atoms with Gasteiger partial charge in [0.05, 0.1) is 0 Å². The van der Waals surface area contributed by atoms with E-state index in [0.29, 0.717) is 0 Å². The Kier molecular flexibility index (Phi) is 192. The van der Waals surface area contributed by atoms with Gasteiger partial charge in [-0.25, -0.2) is 0 Å². The van der Waals surface area contributed by atoms with Crippen molar-refractivity contribution >= 4 is 66.1 Å². The van der Waals surface area contributed by atoms with E-state index in [9.17, 15) is 0 Å². The Morgan fingerprint density at radius 3 is 1.00 bits per heavy atom. The molecule has 8 valence electrons. The second kappa shape index (κ2) is 20.2. The smallest absolute Gasteiger partial charge is 2.00 e. The minimum Gasteiger partial charge on any atom is -2.00 e. The maximum Gasteiger partial charge on any atom is 4.00 e. The van der Waals surface area contributed by atoms with Gasteiger partial charge in [-0.15, -0.1) is 0 Å². The summed E-state index contributed by atoms with van der Waals surface area (Å²) in [5.74, 6) is 0. The third kappa shape index (κ3) is 9.02. The first kappa shape index (κ1) is 38.0. The van der Waals surface area contributed by atoms with Crippen LogP contribution in [0.25, 0.3) is 0 Å². The van der Waals surface area contributed by atoms with E-state index in [1.807, 2.05) is 0 Å². The quantitative estimate of drug-likeness (QED) is 0.349. The molecule has 0 N–H and O–H groups in total. The van der Waals surface area contributed by atoms with Crippen LogP contribution in [0.4, 0.5) is 0 Å². The molecule has 0 radical (unpaired) electrons. The first-order chi connectivity index (χ1) is 0. The third-order valence-electron chi connectivity index (χ3n) is 0. The topological polar surface area (TPSA) is 28.5 Å². The van der Waals surface area contributed by atoms with Gasteiger partial charge in [-0.05, 0) is 0 Å². The van der Waals surface area contributed by atoms with Gasteiger partial charge in [0.25, 0.3) is 0 Å². The maximum absolute atomic E-state index is 0. The van der Waals surface area contributed by atoms with Gasteiger partial charge in [0.15, 0.2) is 0 Å². The molecular formula is AlCaOSi+7. The Morgan fingerprint density at radius 1 is 1.00 bits per heavy atom.